The Morgan fingerprint density at radius 2 is 2.29 bits per heavy atom. The SMILES string of the molecule is Cc1ccc(C(C)n2c(SCC(=O)O)nnc2C2CC2)s1. The predicted octanol–water partition coefficient (Wildman–Crippen LogP) is 3.31. The first-order chi connectivity index (χ1) is 10.1. The van der Waals surface area contributed by atoms with E-state index in [-0.39, 0.29) is 11.8 Å². The number of aryl methyl sites for hydroxylation is 1. The van der Waals surface area contributed by atoms with Gasteiger partial charge < -0.3 is 5.11 Å². The van der Waals surface area contributed by atoms with Crippen molar-refractivity contribution in [2.24, 2.45) is 0 Å². The van der Waals surface area contributed by atoms with Gasteiger partial charge >= 0.3 is 5.97 Å². The van der Waals surface area contributed by atoms with E-state index in [0.29, 0.717) is 11.1 Å². The summed E-state index contributed by atoms with van der Waals surface area (Å²) in [5.74, 6) is 0.669. The maximum atomic E-state index is 10.8. The molecule has 21 heavy (non-hydrogen) atoms. The van der Waals surface area contributed by atoms with Crippen LogP contribution in [0.3, 0.4) is 0 Å². The van der Waals surface area contributed by atoms with Crippen molar-refractivity contribution in [1.29, 1.82) is 0 Å². The van der Waals surface area contributed by atoms with Crippen molar-refractivity contribution in [1.82, 2.24) is 14.8 Å². The molecule has 1 N–H and O–H groups in total. The van der Waals surface area contributed by atoms with Gasteiger partial charge in [-0.3, -0.25) is 9.36 Å². The van der Waals surface area contributed by atoms with Crippen LogP contribution in [0.5, 0.6) is 0 Å². The quantitative estimate of drug-likeness (QED) is 0.826. The first kappa shape index (κ1) is 14.6. The molecule has 5 nitrogen and oxygen atoms in total. The number of thioether (sulfide) groups is 1. The fourth-order valence-electron chi connectivity index (χ4n) is 2.30. The van der Waals surface area contributed by atoms with Gasteiger partial charge in [0.1, 0.15) is 5.82 Å². The highest BCUT2D eigenvalue weighted by Gasteiger charge is 2.32. The van der Waals surface area contributed by atoms with E-state index in [1.807, 2.05) is 0 Å². The van der Waals surface area contributed by atoms with E-state index >= 15 is 0 Å². The molecule has 1 fully saturated rings. The fourth-order valence-corrected chi connectivity index (χ4v) is 3.96. The van der Waals surface area contributed by atoms with Gasteiger partial charge in [-0.15, -0.1) is 21.5 Å². The Kier molecular flexibility index (Phi) is 4.03. The Bertz CT molecular complexity index is 661. The Hall–Kier alpha value is -1.34. The number of carboxylic acid groups (broad SMARTS) is 1. The van der Waals surface area contributed by atoms with Crippen molar-refractivity contribution in [3.63, 3.8) is 0 Å². The molecule has 1 unspecified atom stereocenters. The van der Waals surface area contributed by atoms with Crippen LogP contribution in [-0.2, 0) is 4.79 Å². The Morgan fingerprint density at radius 3 is 2.86 bits per heavy atom. The summed E-state index contributed by atoms with van der Waals surface area (Å²) in [5, 5.41) is 18.1. The minimum absolute atomic E-state index is 0.0129. The molecular formula is C14H17N3O2S2. The van der Waals surface area contributed by atoms with Gasteiger partial charge in [0, 0.05) is 15.7 Å². The van der Waals surface area contributed by atoms with Crippen molar-refractivity contribution < 1.29 is 9.90 Å². The first-order valence-electron chi connectivity index (χ1n) is 6.92. The molecule has 3 rings (SSSR count). The number of carbonyl (C=O) groups is 1. The number of aliphatic carboxylic acids is 1. The zero-order chi connectivity index (χ0) is 15.0. The zero-order valence-corrected chi connectivity index (χ0v) is 13.6. The molecular weight excluding hydrogens is 306 g/mol. The number of hydrogen-bond donors (Lipinski definition) is 1. The molecule has 0 bridgehead atoms. The third-order valence-corrected chi connectivity index (χ3v) is 5.62. The van der Waals surface area contributed by atoms with E-state index < -0.39 is 5.97 Å². The molecule has 0 aliphatic heterocycles. The number of rotatable bonds is 6. The zero-order valence-electron chi connectivity index (χ0n) is 11.9. The van der Waals surface area contributed by atoms with Gasteiger partial charge in [-0.25, -0.2) is 0 Å². The molecule has 1 saturated carbocycles. The van der Waals surface area contributed by atoms with Gasteiger partial charge in [-0.2, -0.15) is 0 Å². The van der Waals surface area contributed by atoms with Crippen LogP contribution in [0.4, 0.5) is 0 Å². The lowest BCUT2D eigenvalue weighted by molar-refractivity contribution is -0.133. The monoisotopic (exact) mass is 323 g/mol. The van der Waals surface area contributed by atoms with Crippen LogP contribution in [0.15, 0.2) is 17.3 Å². The van der Waals surface area contributed by atoms with Crippen LogP contribution in [-0.4, -0.2) is 31.6 Å². The van der Waals surface area contributed by atoms with E-state index in [1.165, 1.54) is 21.5 Å². The van der Waals surface area contributed by atoms with Gasteiger partial charge in [-0.05, 0) is 38.8 Å². The molecule has 2 aromatic heterocycles. The minimum atomic E-state index is -0.831. The normalized spacial score (nSPS) is 16.1. The van der Waals surface area contributed by atoms with Gasteiger partial charge in [0.05, 0.1) is 11.8 Å². The first-order valence-corrected chi connectivity index (χ1v) is 8.72. The average Bonchev–Trinajstić information content (AvgIpc) is 3.05. The molecule has 0 radical (unpaired) electrons. The molecule has 2 heterocycles. The Labute approximate surface area is 131 Å². The lowest BCUT2D eigenvalue weighted by atomic mass is 10.2. The highest BCUT2D eigenvalue weighted by Crippen LogP contribution is 2.42. The Balaban J connectivity index is 1.93. The van der Waals surface area contributed by atoms with Gasteiger partial charge in [-0.1, -0.05) is 11.8 Å². The molecule has 1 atom stereocenters. The maximum absolute atomic E-state index is 10.8. The molecule has 112 valence electrons. The third kappa shape index (κ3) is 3.13. The van der Waals surface area contributed by atoms with Crippen LogP contribution >= 0.6 is 23.1 Å². The van der Waals surface area contributed by atoms with Gasteiger partial charge in [0.25, 0.3) is 0 Å². The largest absolute Gasteiger partial charge is 0.481 e. The van der Waals surface area contributed by atoms with E-state index in [4.69, 9.17) is 5.11 Å². The average molecular weight is 323 g/mol. The number of nitrogens with zero attached hydrogens (tertiary/aromatic N) is 3. The maximum Gasteiger partial charge on any atom is 0.313 e. The summed E-state index contributed by atoms with van der Waals surface area (Å²) in [6, 6.07) is 4.39. The molecule has 0 saturated heterocycles. The highest BCUT2D eigenvalue weighted by molar-refractivity contribution is 7.99. The summed E-state index contributed by atoms with van der Waals surface area (Å²) in [6.45, 7) is 4.22. The second-order valence-corrected chi connectivity index (χ2v) is 7.55. The smallest absolute Gasteiger partial charge is 0.313 e. The molecule has 0 aromatic carbocycles. The molecule has 1 aliphatic carbocycles. The van der Waals surface area contributed by atoms with Crippen LogP contribution in [0.25, 0.3) is 0 Å². The lowest BCUT2D eigenvalue weighted by Crippen LogP contribution is -2.11. The topological polar surface area (TPSA) is 68.0 Å². The summed E-state index contributed by atoms with van der Waals surface area (Å²) in [5.41, 5.74) is 0. The second kappa shape index (κ2) is 5.81. The number of aromatic nitrogens is 3. The molecule has 0 spiro atoms. The summed E-state index contributed by atoms with van der Waals surface area (Å²) in [4.78, 5) is 13.3. The minimum Gasteiger partial charge on any atom is -0.481 e. The van der Waals surface area contributed by atoms with Gasteiger partial charge in [0.2, 0.25) is 0 Å². The number of thiophene rings is 1. The van der Waals surface area contributed by atoms with E-state index in [1.54, 1.807) is 11.3 Å². The van der Waals surface area contributed by atoms with Crippen LogP contribution in [0, 0.1) is 6.92 Å². The van der Waals surface area contributed by atoms with Gasteiger partial charge in [0.15, 0.2) is 5.16 Å². The van der Waals surface area contributed by atoms with E-state index in [9.17, 15) is 4.79 Å². The lowest BCUT2D eigenvalue weighted by Gasteiger charge is -2.16. The van der Waals surface area contributed by atoms with Crippen molar-refractivity contribution in [2.75, 3.05) is 5.75 Å². The molecule has 2 aromatic rings. The summed E-state index contributed by atoms with van der Waals surface area (Å²) in [7, 11) is 0. The van der Waals surface area contributed by atoms with Crippen molar-refractivity contribution in [3.8, 4) is 0 Å². The van der Waals surface area contributed by atoms with Crippen LogP contribution < -0.4 is 0 Å². The highest BCUT2D eigenvalue weighted by atomic mass is 32.2. The number of carboxylic acids is 1. The predicted molar refractivity (Wildman–Crippen MR) is 83.2 cm³/mol. The van der Waals surface area contributed by atoms with Crippen LogP contribution in [0.1, 0.15) is 47.3 Å². The number of hydrogen-bond acceptors (Lipinski definition) is 5. The van der Waals surface area contributed by atoms with Crippen molar-refractivity contribution in [2.45, 2.75) is 43.8 Å². The van der Waals surface area contributed by atoms with Crippen molar-refractivity contribution >= 4 is 29.1 Å². The molecule has 0 amide bonds. The fraction of sp³-hybridized carbons (Fsp3) is 0.500. The van der Waals surface area contributed by atoms with Crippen LogP contribution in [0.2, 0.25) is 0 Å². The summed E-state index contributed by atoms with van der Waals surface area (Å²) in [6.07, 6.45) is 2.30. The van der Waals surface area contributed by atoms with E-state index in [2.05, 4.69) is 40.7 Å². The summed E-state index contributed by atoms with van der Waals surface area (Å²) >= 11 is 3.01. The Morgan fingerprint density at radius 1 is 1.52 bits per heavy atom. The third-order valence-electron chi connectivity index (χ3n) is 3.52. The molecule has 1 aliphatic rings. The standard InChI is InChI=1S/C14H17N3O2S2/c1-8-3-6-11(21-8)9(2)17-13(10-4-5-10)15-16-14(17)20-7-12(18)19/h3,6,9-10H,4-5,7H2,1-2H3,(H,18,19). The second-order valence-electron chi connectivity index (χ2n) is 5.29. The van der Waals surface area contributed by atoms with E-state index in [0.717, 1.165) is 18.7 Å². The molecule has 7 heteroatoms. The van der Waals surface area contributed by atoms with Crippen molar-refractivity contribution in [3.05, 3.63) is 27.7 Å². The summed E-state index contributed by atoms with van der Waals surface area (Å²) < 4.78 is 2.12.